The Kier molecular flexibility index (Phi) is 5.47. The molecule has 1 aromatic carbocycles. The molecule has 0 bridgehead atoms. The molecule has 2 rings (SSSR count). The summed E-state index contributed by atoms with van der Waals surface area (Å²) in [4.78, 5) is 15.4. The van der Waals surface area contributed by atoms with Crippen LogP contribution in [0.2, 0.25) is 10.0 Å². The van der Waals surface area contributed by atoms with Gasteiger partial charge in [0.05, 0.1) is 6.61 Å². The minimum atomic E-state index is -0.505. The number of halogens is 2. The zero-order chi connectivity index (χ0) is 15.2. The van der Waals surface area contributed by atoms with Gasteiger partial charge < -0.3 is 14.5 Å². The summed E-state index contributed by atoms with van der Waals surface area (Å²) >= 11 is 11.9. The maximum absolute atomic E-state index is 11.4. The summed E-state index contributed by atoms with van der Waals surface area (Å²) in [5.41, 5.74) is 1.11. The van der Waals surface area contributed by atoms with Gasteiger partial charge in [0.15, 0.2) is 5.69 Å². The molecule has 0 aliphatic carbocycles. The van der Waals surface area contributed by atoms with Crippen LogP contribution in [0.25, 0.3) is 0 Å². The van der Waals surface area contributed by atoms with Crippen molar-refractivity contribution < 1.29 is 13.9 Å². The second-order valence-electron chi connectivity index (χ2n) is 4.17. The van der Waals surface area contributed by atoms with Crippen LogP contribution in [0.5, 0.6) is 0 Å². The van der Waals surface area contributed by atoms with Crippen LogP contribution in [0, 0.1) is 0 Å². The van der Waals surface area contributed by atoms with Gasteiger partial charge in [0, 0.05) is 16.6 Å². The van der Waals surface area contributed by atoms with Gasteiger partial charge in [-0.3, -0.25) is 0 Å². The predicted octanol–water partition coefficient (Wildman–Crippen LogP) is 3.81. The van der Waals surface area contributed by atoms with Gasteiger partial charge in [0.1, 0.15) is 6.26 Å². The molecule has 0 aliphatic rings. The number of benzene rings is 1. The average molecular weight is 329 g/mol. The largest absolute Gasteiger partial charge is 0.461 e. The van der Waals surface area contributed by atoms with Crippen molar-refractivity contribution >= 4 is 35.2 Å². The molecule has 1 heterocycles. The van der Waals surface area contributed by atoms with Crippen molar-refractivity contribution in [3.8, 4) is 0 Å². The van der Waals surface area contributed by atoms with Crippen molar-refractivity contribution in [3.63, 3.8) is 0 Å². The molecule has 2 aromatic rings. The molecule has 0 aliphatic heterocycles. The van der Waals surface area contributed by atoms with Crippen LogP contribution < -0.4 is 5.32 Å². The van der Waals surface area contributed by atoms with E-state index in [4.69, 9.17) is 32.4 Å². The summed E-state index contributed by atoms with van der Waals surface area (Å²) < 4.78 is 9.97. The molecule has 0 atom stereocenters. The van der Waals surface area contributed by atoms with Crippen molar-refractivity contribution in [2.24, 2.45) is 0 Å². The number of ether oxygens (including phenoxy) is 1. The minimum Gasteiger partial charge on any atom is -0.461 e. The molecule has 0 spiro atoms. The van der Waals surface area contributed by atoms with E-state index >= 15 is 0 Å². The molecule has 0 fully saturated rings. The number of rotatable bonds is 6. The molecule has 1 N–H and O–H groups in total. The van der Waals surface area contributed by atoms with Crippen LogP contribution in [0.1, 0.15) is 23.0 Å². The summed E-state index contributed by atoms with van der Waals surface area (Å²) in [6, 6.07) is 5.62. The maximum Gasteiger partial charge on any atom is 0.360 e. The predicted molar refractivity (Wildman–Crippen MR) is 81.1 cm³/mol. The van der Waals surface area contributed by atoms with Crippen molar-refractivity contribution in [1.82, 2.24) is 4.98 Å². The van der Waals surface area contributed by atoms with E-state index in [0.717, 1.165) is 5.56 Å². The number of anilines is 1. The average Bonchev–Trinajstić information content (AvgIpc) is 2.90. The highest BCUT2D eigenvalue weighted by Crippen LogP contribution is 2.21. The topological polar surface area (TPSA) is 64.4 Å². The smallest absolute Gasteiger partial charge is 0.360 e. The van der Waals surface area contributed by atoms with Crippen molar-refractivity contribution in [3.05, 3.63) is 45.8 Å². The van der Waals surface area contributed by atoms with E-state index in [1.807, 2.05) is 6.07 Å². The van der Waals surface area contributed by atoms with Crippen LogP contribution in [0.4, 0.5) is 6.01 Å². The van der Waals surface area contributed by atoms with E-state index in [-0.39, 0.29) is 11.7 Å². The summed E-state index contributed by atoms with van der Waals surface area (Å²) in [5.74, 6) is -0.505. The van der Waals surface area contributed by atoms with Crippen molar-refractivity contribution in [1.29, 1.82) is 0 Å². The van der Waals surface area contributed by atoms with Crippen molar-refractivity contribution in [2.45, 2.75) is 13.3 Å². The first kappa shape index (κ1) is 15.7. The Morgan fingerprint density at radius 1 is 1.43 bits per heavy atom. The Balaban J connectivity index is 1.87. The van der Waals surface area contributed by atoms with Gasteiger partial charge in [-0.1, -0.05) is 29.3 Å². The molecule has 0 unspecified atom stereocenters. The number of hydrogen-bond acceptors (Lipinski definition) is 5. The second-order valence-corrected chi connectivity index (χ2v) is 5.01. The minimum absolute atomic E-state index is 0.142. The van der Waals surface area contributed by atoms with Gasteiger partial charge in [0.25, 0.3) is 6.01 Å². The van der Waals surface area contributed by atoms with E-state index in [0.29, 0.717) is 29.6 Å². The highest BCUT2D eigenvalue weighted by atomic mass is 35.5. The molecular formula is C14H14Cl2N2O3. The first-order valence-corrected chi connectivity index (χ1v) is 7.16. The summed E-state index contributed by atoms with van der Waals surface area (Å²) in [5, 5.41) is 4.19. The lowest BCUT2D eigenvalue weighted by Gasteiger charge is -2.05. The third kappa shape index (κ3) is 4.37. The fourth-order valence-electron chi connectivity index (χ4n) is 1.68. The lowest BCUT2D eigenvalue weighted by atomic mass is 10.1. The third-order valence-corrected chi connectivity index (χ3v) is 3.26. The Labute approximate surface area is 132 Å². The lowest BCUT2D eigenvalue weighted by Crippen LogP contribution is -2.07. The zero-order valence-corrected chi connectivity index (χ0v) is 12.9. The van der Waals surface area contributed by atoms with Crippen LogP contribution >= 0.6 is 23.2 Å². The normalized spacial score (nSPS) is 10.4. The molecule has 0 saturated heterocycles. The van der Waals surface area contributed by atoms with Gasteiger partial charge in [-0.05, 0) is 31.0 Å². The third-order valence-electron chi connectivity index (χ3n) is 2.67. The molecular weight excluding hydrogens is 315 g/mol. The second kappa shape index (κ2) is 7.33. The summed E-state index contributed by atoms with van der Waals surface area (Å²) in [7, 11) is 0. The number of carbonyl (C=O) groups excluding carboxylic acids is 1. The molecule has 5 nitrogen and oxygen atoms in total. The number of nitrogens with one attached hydrogen (secondary N) is 1. The molecule has 7 heteroatoms. The highest BCUT2D eigenvalue weighted by Gasteiger charge is 2.12. The first-order valence-electron chi connectivity index (χ1n) is 6.40. The molecule has 21 heavy (non-hydrogen) atoms. The number of oxazole rings is 1. The van der Waals surface area contributed by atoms with Gasteiger partial charge in [-0.25, -0.2) is 4.79 Å². The van der Waals surface area contributed by atoms with Crippen LogP contribution in [-0.2, 0) is 11.2 Å². The van der Waals surface area contributed by atoms with E-state index in [1.54, 1.807) is 19.1 Å². The molecule has 0 radical (unpaired) electrons. The van der Waals surface area contributed by atoms with E-state index in [2.05, 4.69) is 10.3 Å². The van der Waals surface area contributed by atoms with Gasteiger partial charge in [-0.15, -0.1) is 0 Å². The quantitative estimate of drug-likeness (QED) is 0.817. The van der Waals surface area contributed by atoms with E-state index in [1.165, 1.54) is 6.26 Å². The zero-order valence-electron chi connectivity index (χ0n) is 11.4. The summed E-state index contributed by atoms with van der Waals surface area (Å²) in [6.07, 6.45) is 1.93. The summed E-state index contributed by atoms with van der Waals surface area (Å²) in [6.45, 7) is 2.58. The van der Waals surface area contributed by atoms with Crippen molar-refractivity contribution in [2.75, 3.05) is 18.5 Å². The van der Waals surface area contributed by atoms with Crippen LogP contribution in [-0.4, -0.2) is 24.1 Å². The standard InChI is InChI=1S/C14H14Cl2N2O3/c1-2-20-13(19)12-8-21-14(18-12)17-6-5-9-3-4-10(15)7-11(9)16/h3-4,7-8H,2,5-6H2,1H3,(H,17,18). The molecule has 0 amide bonds. The fraction of sp³-hybridized carbons (Fsp3) is 0.286. The number of carbonyl (C=O) groups is 1. The van der Waals surface area contributed by atoms with Crippen LogP contribution in [0.3, 0.4) is 0 Å². The molecule has 1 aromatic heterocycles. The van der Waals surface area contributed by atoms with E-state index < -0.39 is 5.97 Å². The highest BCUT2D eigenvalue weighted by molar-refractivity contribution is 6.35. The number of aromatic nitrogens is 1. The Hall–Kier alpha value is -1.72. The number of nitrogens with zero attached hydrogens (tertiary/aromatic N) is 1. The Morgan fingerprint density at radius 3 is 2.95 bits per heavy atom. The van der Waals surface area contributed by atoms with Gasteiger partial charge >= 0.3 is 5.97 Å². The number of hydrogen-bond donors (Lipinski definition) is 1. The molecule has 0 saturated carbocycles. The Morgan fingerprint density at radius 2 is 2.24 bits per heavy atom. The number of esters is 1. The van der Waals surface area contributed by atoms with Crippen LogP contribution in [0.15, 0.2) is 28.9 Å². The lowest BCUT2D eigenvalue weighted by molar-refractivity contribution is 0.0519. The van der Waals surface area contributed by atoms with Gasteiger partial charge in [-0.2, -0.15) is 4.98 Å². The fourth-order valence-corrected chi connectivity index (χ4v) is 2.19. The van der Waals surface area contributed by atoms with E-state index in [9.17, 15) is 4.79 Å². The molecule has 112 valence electrons. The SMILES string of the molecule is CCOC(=O)c1coc(NCCc2ccc(Cl)cc2Cl)n1. The Bertz CT molecular complexity index is 628. The van der Waals surface area contributed by atoms with Gasteiger partial charge in [0.2, 0.25) is 0 Å². The monoisotopic (exact) mass is 328 g/mol. The first-order chi connectivity index (χ1) is 10.1. The maximum atomic E-state index is 11.4.